The molecule has 3 rings (SSSR count). The molecule has 2 fully saturated rings. The SMILES string of the molecule is Cc1ccc(C2CCC([Si]3CCC(CCCCCCF)CC3)CC2)cc1. The summed E-state index contributed by atoms with van der Waals surface area (Å²) in [5.74, 6) is 1.83. The topological polar surface area (TPSA) is 0 Å². The zero-order chi connectivity index (χ0) is 18.2. The van der Waals surface area contributed by atoms with Crippen LogP contribution in [0.3, 0.4) is 0 Å². The highest BCUT2D eigenvalue weighted by molar-refractivity contribution is 6.60. The van der Waals surface area contributed by atoms with Gasteiger partial charge < -0.3 is 0 Å². The van der Waals surface area contributed by atoms with Gasteiger partial charge in [0.15, 0.2) is 0 Å². The van der Waals surface area contributed by atoms with Crippen molar-refractivity contribution in [1.82, 2.24) is 0 Å². The van der Waals surface area contributed by atoms with Crippen LogP contribution in [0.4, 0.5) is 4.39 Å². The van der Waals surface area contributed by atoms with Gasteiger partial charge in [-0.2, -0.15) is 0 Å². The molecule has 1 saturated carbocycles. The standard InChI is InChI=1S/C24H38FSi/c1-20-7-9-22(10-8-20)23-11-13-24(14-12-23)26-18-15-21(16-19-26)6-4-2-3-5-17-25/h7-10,21,23-24H,2-6,11-19H2,1H3. The third kappa shape index (κ3) is 5.94. The molecule has 0 N–H and O–H groups in total. The van der Waals surface area contributed by atoms with E-state index < -0.39 is 0 Å². The molecule has 2 aliphatic rings. The van der Waals surface area contributed by atoms with Crippen molar-refractivity contribution in [3.63, 3.8) is 0 Å². The largest absolute Gasteiger partial charge is 0.251 e. The summed E-state index contributed by atoms with van der Waals surface area (Å²) < 4.78 is 12.1. The number of rotatable bonds is 8. The molecule has 1 heterocycles. The minimum absolute atomic E-state index is 0.0804. The molecule has 0 aromatic heterocycles. The number of hydrogen-bond acceptors (Lipinski definition) is 0. The summed E-state index contributed by atoms with van der Waals surface area (Å²) in [6.07, 6.45) is 14.8. The number of alkyl halides is 1. The second-order valence-corrected chi connectivity index (χ2v) is 12.1. The molecule has 1 aromatic carbocycles. The Balaban J connectivity index is 1.34. The molecule has 1 radical (unpaired) electrons. The van der Waals surface area contributed by atoms with Gasteiger partial charge in [-0.3, -0.25) is 4.39 Å². The highest BCUT2D eigenvalue weighted by Gasteiger charge is 2.32. The van der Waals surface area contributed by atoms with E-state index in [1.165, 1.54) is 63.4 Å². The van der Waals surface area contributed by atoms with Gasteiger partial charge in [-0.25, -0.2) is 0 Å². The number of benzene rings is 1. The van der Waals surface area contributed by atoms with Gasteiger partial charge in [-0.05, 0) is 49.1 Å². The number of unbranched alkanes of at least 4 members (excludes halogenated alkanes) is 3. The first-order valence-corrected chi connectivity index (χ1v) is 13.2. The normalized spacial score (nSPS) is 25.5. The van der Waals surface area contributed by atoms with Gasteiger partial charge in [-0.15, -0.1) is 0 Å². The summed E-state index contributed by atoms with van der Waals surface area (Å²) in [6.45, 7) is 2.06. The molecule has 1 aliphatic carbocycles. The lowest BCUT2D eigenvalue weighted by Gasteiger charge is -2.37. The van der Waals surface area contributed by atoms with Crippen LogP contribution < -0.4 is 0 Å². The minimum Gasteiger partial charge on any atom is -0.251 e. The Hall–Kier alpha value is -0.633. The highest BCUT2D eigenvalue weighted by atomic mass is 28.3. The van der Waals surface area contributed by atoms with Crippen LogP contribution in [-0.2, 0) is 0 Å². The first-order valence-electron chi connectivity index (χ1n) is 11.2. The van der Waals surface area contributed by atoms with Gasteiger partial charge in [0.2, 0.25) is 0 Å². The fourth-order valence-corrected chi connectivity index (χ4v) is 9.07. The molecular formula is C24H38FSi. The maximum atomic E-state index is 12.1. The van der Waals surface area contributed by atoms with Crippen LogP contribution >= 0.6 is 0 Å². The molecule has 0 bridgehead atoms. The predicted molar refractivity (Wildman–Crippen MR) is 113 cm³/mol. The second-order valence-electron chi connectivity index (χ2n) is 8.95. The van der Waals surface area contributed by atoms with E-state index in [1.54, 1.807) is 17.7 Å². The lowest BCUT2D eigenvalue weighted by molar-refractivity contribution is 0.392. The molecule has 1 aliphatic heterocycles. The molecule has 26 heavy (non-hydrogen) atoms. The van der Waals surface area contributed by atoms with Crippen LogP contribution in [0.15, 0.2) is 24.3 Å². The van der Waals surface area contributed by atoms with Crippen molar-refractivity contribution in [2.45, 2.75) is 101 Å². The van der Waals surface area contributed by atoms with E-state index in [4.69, 9.17) is 0 Å². The predicted octanol–water partition coefficient (Wildman–Crippen LogP) is 7.85. The Kier molecular flexibility index (Phi) is 8.23. The Bertz CT molecular complexity index is 495. The van der Waals surface area contributed by atoms with Gasteiger partial charge in [0.25, 0.3) is 0 Å². The summed E-state index contributed by atoms with van der Waals surface area (Å²) in [5, 5.41) is 0. The Labute approximate surface area is 162 Å². The Morgan fingerprint density at radius 2 is 1.50 bits per heavy atom. The van der Waals surface area contributed by atoms with E-state index in [0.29, 0.717) is 0 Å². The molecule has 0 atom stereocenters. The van der Waals surface area contributed by atoms with Crippen LogP contribution in [0.2, 0.25) is 17.6 Å². The maximum absolute atomic E-state index is 12.1. The third-order valence-corrected chi connectivity index (χ3v) is 10.7. The fraction of sp³-hybridized carbons (Fsp3) is 0.750. The molecular weight excluding hydrogens is 335 g/mol. The third-order valence-electron chi connectivity index (χ3n) is 7.10. The summed E-state index contributed by atoms with van der Waals surface area (Å²) >= 11 is 0. The fourth-order valence-electron chi connectivity index (χ4n) is 5.30. The lowest BCUT2D eigenvalue weighted by Crippen LogP contribution is -2.29. The van der Waals surface area contributed by atoms with E-state index in [1.807, 2.05) is 0 Å². The van der Waals surface area contributed by atoms with Crippen LogP contribution in [-0.4, -0.2) is 15.5 Å². The molecule has 1 saturated heterocycles. The van der Waals surface area contributed by atoms with E-state index in [2.05, 4.69) is 31.2 Å². The number of aryl methyl sites for hydroxylation is 1. The first-order chi connectivity index (χ1) is 12.8. The van der Waals surface area contributed by atoms with Crippen LogP contribution in [0.5, 0.6) is 0 Å². The average Bonchev–Trinajstić information content (AvgIpc) is 2.69. The van der Waals surface area contributed by atoms with Crippen molar-refractivity contribution in [3.8, 4) is 0 Å². The molecule has 0 nitrogen and oxygen atoms in total. The number of halogens is 1. The van der Waals surface area contributed by atoms with E-state index in [-0.39, 0.29) is 15.5 Å². The van der Waals surface area contributed by atoms with Crippen LogP contribution in [0.25, 0.3) is 0 Å². The summed E-state index contributed by atoms with van der Waals surface area (Å²) in [6, 6.07) is 12.5. The molecule has 1 aromatic rings. The van der Waals surface area contributed by atoms with Crippen molar-refractivity contribution in [2.75, 3.05) is 6.67 Å². The Morgan fingerprint density at radius 1 is 0.846 bits per heavy atom. The minimum atomic E-state index is -0.124. The van der Waals surface area contributed by atoms with Gasteiger partial charge in [-0.1, -0.05) is 93.3 Å². The summed E-state index contributed by atoms with van der Waals surface area (Å²) in [7, 11) is -0.0804. The molecule has 2 heteroatoms. The van der Waals surface area contributed by atoms with Crippen molar-refractivity contribution < 1.29 is 4.39 Å². The van der Waals surface area contributed by atoms with E-state index >= 15 is 0 Å². The second kappa shape index (κ2) is 10.6. The lowest BCUT2D eigenvalue weighted by atomic mass is 9.83. The van der Waals surface area contributed by atoms with Crippen molar-refractivity contribution >= 4 is 8.80 Å². The summed E-state index contributed by atoms with van der Waals surface area (Å²) in [5.41, 5.74) is 4.07. The van der Waals surface area contributed by atoms with Gasteiger partial charge >= 0.3 is 0 Å². The Morgan fingerprint density at radius 3 is 2.15 bits per heavy atom. The molecule has 0 amide bonds. The monoisotopic (exact) mass is 373 g/mol. The van der Waals surface area contributed by atoms with Gasteiger partial charge in [0, 0.05) is 0 Å². The first kappa shape index (κ1) is 20.1. The molecule has 145 valence electrons. The molecule has 0 unspecified atom stereocenters. The van der Waals surface area contributed by atoms with Crippen molar-refractivity contribution in [3.05, 3.63) is 35.4 Å². The van der Waals surface area contributed by atoms with Crippen LogP contribution in [0.1, 0.15) is 87.7 Å². The van der Waals surface area contributed by atoms with Crippen molar-refractivity contribution in [1.29, 1.82) is 0 Å². The molecule has 0 spiro atoms. The van der Waals surface area contributed by atoms with Crippen molar-refractivity contribution in [2.24, 2.45) is 5.92 Å². The zero-order valence-electron chi connectivity index (χ0n) is 16.8. The number of hydrogen-bond donors (Lipinski definition) is 0. The smallest absolute Gasteiger partial charge is 0.0894 e. The summed E-state index contributed by atoms with van der Waals surface area (Å²) in [4.78, 5) is 0. The zero-order valence-corrected chi connectivity index (χ0v) is 17.8. The van der Waals surface area contributed by atoms with E-state index in [9.17, 15) is 4.39 Å². The van der Waals surface area contributed by atoms with Crippen LogP contribution in [0, 0.1) is 12.8 Å². The maximum Gasteiger partial charge on any atom is 0.0894 e. The highest BCUT2D eigenvalue weighted by Crippen LogP contribution is 2.44. The quantitative estimate of drug-likeness (QED) is 0.321. The average molecular weight is 374 g/mol. The van der Waals surface area contributed by atoms with Gasteiger partial charge in [0.05, 0.1) is 15.5 Å². The van der Waals surface area contributed by atoms with Gasteiger partial charge in [0.1, 0.15) is 0 Å². The van der Waals surface area contributed by atoms with E-state index in [0.717, 1.165) is 30.2 Å².